The van der Waals surface area contributed by atoms with Crippen LogP contribution in [0.3, 0.4) is 0 Å². The number of ketones is 2. The summed E-state index contributed by atoms with van der Waals surface area (Å²) in [5, 5.41) is 9.75. The number of halogens is 3. The van der Waals surface area contributed by atoms with Crippen LogP contribution in [0, 0.1) is 17.3 Å². The third kappa shape index (κ3) is 10.6. The lowest BCUT2D eigenvalue weighted by Gasteiger charge is -2.38. The van der Waals surface area contributed by atoms with Gasteiger partial charge in [0.25, 0.3) is 0 Å². The molecule has 5 atom stereocenters. The first kappa shape index (κ1) is 49.7. The molecule has 2 saturated heterocycles. The van der Waals surface area contributed by atoms with Crippen LogP contribution >= 0.6 is 11.3 Å². The van der Waals surface area contributed by atoms with E-state index in [0.717, 1.165) is 39.0 Å². The second-order valence-electron chi connectivity index (χ2n) is 19.3. The molecule has 362 valence electrons. The number of amides is 3. The maximum Gasteiger partial charge on any atom is 0.450 e. The number of hydrogen-bond donors (Lipinski definition) is 2. The molecule has 18 heteroatoms. The van der Waals surface area contributed by atoms with Gasteiger partial charge in [-0.05, 0) is 88.1 Å². The molecule has 2 fully saturated rings. The Kier molecular flexibility index (Phi) is 15.0. The topological polar surface area (TPSA) is 165 Å². The van der Waals surface area contributed by atoms with Crippen molar-refractivity contribution in [1.29, 1.82) is 0 Å². The summed E-state index contributed by atoms with van der Waals surface area (Å²) in [4.78, 5) is 81.1. The highest BCUT2D eigenvalue weighted by Crippen LogP contribution is 2.42. The molecule has 3 aliphatic rings. The van der Waals surface area contributed by atoms with Gasteiger partial charge in [-0.25, -0.2) is 9.78 Å². The molecular formula is C49H62F3N7O7S. The van der Waals surface area contributed by atoms with E-state index >= 15 is 0 Å². The molecular weight excluding hydrogens is 888 g/mol. The zero-order valence-corrected chi connectivity index (χ0v) is 40.3. The molecule has 0 spiro atoms. The molecule has 1 unspecified atom stereocenters. The van der Waals surface area contributed by atoms with Crippen molar-refractivity contribution >= 4 is 51.7 Å². The molecule has 3 aromatic heterocycles. The van der Waals surface area contributed by atoms with E-state index in [-0.39, 0.29) is 50.8 Å². The summed E-state index contributed by atoms with van der Waals surface area (Å²) in [6, 6.07) is 5.94. The van der Waals surface area contributed by atoms with E-state index in [1.165, 1.54) is 28.2 Å². The Morgan fingerprint density at radius 3 is 2.46 bits per heavy atom. The van der Waals surface area contributed by atoms with Gasteiger partial charge >= 0.3 is 18.2 Å². The van der Waals surface area contributed by atoms with E-state index in [4.69, 9.17) is 19.4 Å². The molecule has 3 aliphatic heterocycles. The number of fused-ring (bicyclic) bond motifs is 6. The summed E-state index contributed by atoms with van der Waals surface area (Å²) in [7, 11) is 3.12. The number of rotatable bonds is 9. The maximum atomic E-state index is 14.7. The first-order valence-corrected chi connectivity index (χ1v) is 24.1. The Morgan fingerprint density at radius 2 is 1.79 bits per heavy atom. The number of carbonyl (C=O) groups excluding carboxylic acids is 5. The van der Waals surface area contributed by atoms with E-state index in [1.54, 1.807) is 27.2 Å². The Balaban J connectivity index is 1.23. The standard InChI is InChI=1S/C49H62F3N7O7S/c1-9-59-38-16-15-30-22-32(38)33(42(59)31-12-11-19-53-40(31)28(4)65-8)24-48(5,6)26-66-46(63)35-14-10-13-34(54-35)43(60)36(23-39-55-37(30)25-67-39)56-45(62)41(27(2)3)57(7)47(64)58-20-17-29(18-21-58)44(61)49(50,51)52/h11-12,15-16,19,22,25,27-29,34-36,41,54H,9-10,13-14,17-18,20-21,23-24,26H2,1-8H3,(H,56,62)/t28-,34?,35-,36-,41-/m0/s1. The number of Topliss-reactive ketones (excluding diaryl/α,β-unsaturated/α-hetero) is 2. The Morgan fingerprint density at radius 1 is 1.07 bits per heavy atom. The third-order valence-electron chi connectivity index (χ3n) is 13.5. The van der Waals surface area contributed by atoms with Crippen molar-refractivity contribution in [3.05, 3.63) is 58.2 Å². The number of methoxy groups -OCH3 is 1. The van der Waals surface area contributed by atoms with Gasteiger partial charge in [0.05, 0.1) is 46.9 Å². The molecule has 0 saturated carbocycles. The van der Waals surface area contributed by atoms with E-state index in [2.05, 4.69) is 54.2 Å². The summed E-state index contributed by atoms with van der Waals surface area (Å²) < 4.78 is 53.6. The Labute approximate surface area is 393 Å². The number of aromatic nitrogens is 3. The predicted octanol–water partition coefficient (Wildman–Crippen LogP) is 7.71. The second-order valence-corrected chi connectivity index (χ2v) is 20.2. The zero-order valence-electron chi connectivity index (χ0n) is 39.5. The number of likely N-dealkylation sites (N-methyl/N-ethyl adjacent to an activating group) is 1. The summed E-state index contributed by atoms with van der Waals surface area (Å²) in [5.74, 6) is -4.87. The lowest BCUT2D eigenvalue weighted by Crippen LogP contribution is -2.60. The Bertz CT molecular complexity index is 2490. The Hall–Kier alpha value is -5.20. The average molecular weight is 950 g/mol. The second kappa shape index (κ2) is 20.2. The number of urea groups is 1. The maximum absolute atomic E-state index is 14.7. The predicted molar refractivity (Wildman–Crippen MR) is 248 cm³/mol. The lowest BCUT2D eigenvalue weighted by molar-refractivity contribution is -0.176. The molecule has 1 aromatic carbocycles. The number of benzene rings is 1. The van der Waals surface area contributed by atoms with Gasteiger partial charge in [-0.2, -0.15) is 13.2 Å². The van der Waals surface area contributed by atoms with Crippen molar-refractivity contribution in [3.63, 3.8) is 0 Å². The van der Waals surface area contributed by atoms with Crippen LogP contribution in [0.2, 0.25) is 0 Å². The van der Waals surface area contributed by atoms with Crippen LogP contribution in [0.5, 0.6) is 0 Å². The van der Waals surface area contributed by atoms with Crippen LogP contribution in [-0.4, -0.2) is 118 Å². The number of pyridine rings is 1. The molecule has 4 aromatic rings. The number of thiazole rings is 1. The van der Waals surface area contributed by atoms with Crippen LogP contribution in [-0.2, 0) is 48.0 Å². The number of nitrogens with one attached hydrogen (secondary N) is 2. The quantitative estimate of drug-likeness (QED) is 0.159. The first-order valence-electron chi connectivity index (χ1n) is 23.2. The third-order valence-corrected chi connectivity index (χ3v) is 14.4. The van der Waals surface area contributed by atoms with E-state index in [9.17, 15) is 37.1 Å². The number of hydrogen-bond acceptors (Lipinski definition) is 11. The van der Waals surface area contributed by atoms with Gasteiger partial charge in [0.15, 0.2) is 5.78 Å². The number of nitrogens with zero attached hydrogens (tertiary/aromatic N) is 5. The molecule has 0 aliphatic carbocycles. The normalized spacial score (nSPS) is 21.7. The SMILES string of the molecule is CCn1c(-c2cccnc2[C@H](C)OC)c2c3cc(ccc31)-c1csc(n1)C[C@H](NC(=O)[C@H](C(C)C)N(C)C(=O)N1CCC(C(=O)C(F)(F)F)CC1)C(=O)C1CCC[C@H](N1)C(=O)OCC(C)(C)C2. The van der Waals surface area contributed by atoms with Gasteiger partial charge in [-0.15, -0.1) is 11.3 Å². The zero-order chi connectivity index (χ0) is 48.5. The van der Waals surface area contributed by atoms with E-state index in [0.29, 0.717) is 42.9 Å². The van der Waals surface area contributed by atoms with Crippen molar-refractivity contribution in [2.24, 2.45) is 17.3 Å². The van der Waals surface area contributed by atoms with Crippen LogP contribution in [0.1, 0.15) is 96.0 Å². The number of likely N-dealkylation sites (tertiary alicyclic amines) is 1. The van der Waals surface area contributed by atoms with Crippen LogP contribution in [0.25, 0.3) is 33.4 Å². The van der Waals surface area contributed by atoms with Crippen molar-refractivity contribution in [3.8, 4) is 22.5 Å². The van der Waals surface area contributed by atoms with Crippen LogP contribution in [0.4, 0.5) is 18.0 Å². The van der Waals surface area contributed by atoms with Crippen LogP contribution in [0.15, 0.2) is 41.9 Å². The minimum absolute atomic E-state index is 0.0330. The number of esters is 1. The molecule has 7 rings (SSSR count). The monoisotopic (exact) mass is 949 g/mol. The number of carbonyl (C=O) groups is 5. The smallest absolute Gasteiger partial charge is 0.450 e. The van der Waals surface area contributed by atoms with Gasteiger partial charge in [-0.3, -0.25) is 29.5 Å². The highest BCUT2D eigenvalue weighted by atomic mass is 32.1. The van der Waals surface area contributed by atoms with Crippen LogP contribution < -0.4 is 10.6 Å². The number of aryl methyl sites for hydroxylation is 1. The summed E-state index contributed by atoms with van der Waals surface area (Å²) in [6.07, 6.45) is -1.74. The highest BCUT2D eigenvalue weighted by molar-refractivity contribution is 7.10. The number of alkyl halides is 3. The first-order chi connectivity index (χ1) is 31.7. The fourth-order valence-corrected chi connectivity index (χ4v) is 10.8. The minimum atomic E-state index is -4.95. The van der Waals surface area contributed by atoms with Crippen molar-refractivity contribution in [2.75, 3.05) is 33.9 Å². The summed E-state index contributed by atoms with van der Waals surface area (Å²) in [5.41, 5.74) is 5.87. The summed E-state index contributed by atoms with van der Waals surface area (Å²) in [6.45, 7) is 12.4. The number of ether oxygens (including phenoxy) is 2. The van der Waals surface area contributed by atoms with Crippen molar-refractivity contribution < 1.29 is 46.6 Å². The fourth-order valence-electron chi connectivity index (χ4n) is 9.96. The van der Waals surface area contributed by atoms with Gasteiger partial charge in [0.2, 0.25) is 11.7 Å². The van der Waals surface area contributed by atoms with Gasteiger partial charge < -0.3 is 29.2 Å². The van der Waals surface area contributed by atoms with Crippen molar-refractivity contribution in [1.82, 2.24) is 35.0 Å². The molecule has 6 bridgehead atoms. The van der Waals surface area contributed by atoms with Gasteiger partial charge in [-0.1, -0.05) is 33.8 Å². The fraction of sp³-hybridized carbons (Fsp3) is 0.571. The number of cyclic esters (lactones) is 1. The van der Waals surface area contributed by atoms with E-state index in [1.807, 2.05) is 24.4 Å². The minimum Gasteiger partial charge on any atom is -0.464 e. The largest absolute Gasteiger partial charge is 0.464 e. The molecule has 2 N–H and O–H groups in total. The van der Waals surface area contributed by atoms with E-state index < -0.39 is 71.3 Å². The number of piperidine rings is 2. The van der Waals surface area contributed by atoms with Gasteiger partial charge in [0.1, 0.15) is 12.1 Å². The summed E-state index contributed by atoms with van der Waals surface area (Å²) >= 11 is 1.36. The van der Waals surface area contributed by atoms with Gasteiger partial charge in [0, 0.05) is 85.2 Å². The molecule has 0 radical (unpaired) electrons. The highest BCUT2D eigenvalue weighted by Gasteiger charge is 2.45. The molecule has 3 amide bonds. The average Bonchev–Trinajstić information content (AvgIpc) is 3.90. The molecule has 14 nitrogen and oxygen atoms in total. The molecule has 67 heavy (non-hydrogen) atoms. The lowest BCUT2D eigenvalue weighted by atomic mass is 9.84. The molecule has 6 heterocycles. The van der Waals surface area contributed by atoms with Crippen molar-refractivity contribution in [2.45, 2.75) is 129 Å².